The molecule has 148 valence electrons. The average molecular weight is 395 g/mol. The summed E-state index contributed by atoms with van der Waals surface area (Å²) in [4.78, 5) is 32.1. The van der Waals surface area contributed by atoms with Crippen LogP contribution in [0.15, 0.2) is 84.9 Å². The van der Waals surface area contributed by atoms with E-state index in [1.807, 2.05) is 89.5 Å². The Morgan fingerprint density at radius 2 is 1.43 bits per heavy atom. The second-order valence-corrected chi connectivity index (χ2v) is 7.63. The Balaban J connectivity index is 1.53. The molecule has 0 saturated carbocycles. The standard InChI is InChI=1S/C25H21N3O2/c29-23-16-20(15-18-9-3-1-4-10-18)24(30)28(23)25-26-21-13-7-8-14-22(21)27(25)17-19-11-5-2-6-12-19/h1-14,20H,15-17H2. The molecule has 4 aromatic rings. The lowest BCUT2D eigenvalue weighted by atomic mass is 9.98. The molecule has 5 nitrogen and oxygen atoms in total. The maximum absolute atomic E-state index is 13.3. The number of carbonyl (C=O) groups is 2. The zero-order valence-electron chi connectivity index (χ0n) is 16.4. The first-order chi connectivity index (χ1) is 14.7. The van der Waals surface area contributed by atoms with Crippen molar-refractivity contribution in [1.82, 2.24) is 9.55 Å². The van der Waals surface area contributed by atoms with Gasteiger partial charge in [-0.05, 0) is 29.7 Å². The second kappa shape index (κ2) is 7.59. The number of para-hydroxylation sites is 2. The first-order valence-corrected chi connectivity index (χ1v) is 10.1. The van der Waals surface area contributed by atoms with Crippen LogP contribution in [0.4, 0.5) is 5.95 Å². The lowest BCUT2D eigenvalue weighted by molar-refractivity contribution is -0.122. The van der Waals surface area contributed by atoms with Crippen LogP contribution < -0.4 is 4.90 Å². The van der Waals surface area contributed by atoms with Gasteiger partial charge in [0.25, 0.3) is 0 Å². The fourth-order valence-electron chi connectivity index (χ4n) is 4.12. The molecule has 30 heavy (non-hydrogen) atoms. The number of imidazole rings is 1. The van der Waals surface area contributed by atoms with Gasteiger partial charge in [-0.15, -0.1) is 0 Å². The molecule has 5 heteroatoms. The predicted octanol–water partition coefficient (Wildman–Crippen LogP) is 4.21. The molecular formula is C25H21N3O2. The van der Waals surface area contributed by atoms with Crippen LogP contribution in [0.2, 0.25) is 0 Å². The van der Waals surface area contributed by atoms with Crippen LogP contribution in [0.5, 0.6) is 0 Å². The van der Waals surface area contributed by atoms with E-state index in [4.69, 9.17) is 0 Å². The summed E-state index contributed by atoms with van der Waals surface area (Å²) in [6, 6.07) is 27.6. The first kappa shape index (κ1) is 18.3. The molecule has 0 spiro atoms. The third-order valence-electron chi connectivity index (χ3n) is 5.58. The summed E-state index contributed by atoms with van der Waals surface area (Å²) in [5.41, 5.74) is 3.82. The molecular weight excluding hydrogens is 374 g/mol. The van der Waals surface area contributed by atoms with Crippen molar-refractivity contribution in [3.05, 3.63) is 96.1 Å². The Kier molecular flexibility index (Phi) is 4.64. The van der Waals surface area contributed by atoms with Crippen molar-refractivity contribution >= 4 is 28.8 Å². The van der Waals surface area contributed by atoms with Crippen LogP contribution in [0.25, 0.3) is 11.0 Å². The second-order valence-electron chi connectivity index (χ2n) is 7.63. The molecule has 1 aliphatic heterocycles. The van der Waals surface area contributed by atoms with Crippen molar-refractivity contribution in [3.8, 4) is 0 Å². The molecule has 1 fully saturated rings. The van der Waals surface area contributed by atoms with Gasteiger partial charge in [0.1, 0.15) is 0 Å². The molecule has 0 N–H and O–H groups in total. The highest BCUT2D eigenvalue weighted by Gasteiger charge is 2.41. The van der Waals surface area contributed by atoms with E-state index in [9.17, 15) is 9.59 Å². The molecule has 2 amide bonds. The number of nitrogens with zero attached hydrogens (tertiary/aromatic N) is 3. The number of hydrogen-bond acceptors (Lipinski definition) is 3. The number of hydrogen-bond donors (Lipinski definition) is 0. The van der Waals surface area contributed by atoms with Crippen LogP contribution in [0.1, 0.15) is 17.5 Å². The van der Waals surface area contributed by atoms with Crippen molar-refractivity contribution < 1.29 is 9.59 Å². The Labute approximate surface area is 174 Å². The van der Waals surface area contributed by atoms with Gasteiger partial charge in [0, 0.05) is 6.42 Å². The van der Waals surface area contributed by atoms with Gasteiger partial charge in [-0.25, -0.2) is 9.88 Å². The Bertz CT molecular complexity index is 1220. The van der Waals surface area contributed by atoms with Gasteiger partial charge in [-0.3, -0.25) is 9.59 Å². The monoisotopic (exact) mass is 395 g/mol. The lowest BCUT2D eigenvalue weighted by Gasteiger charge is -2.17. The number of aromatic nitrogens is 2. The van der Waals surface area contributed by atoms with Gasteiger partial charge in [-0.2, -0.15) is 0 Å². The van der Waals surface area contributed by atoms with Crippen molar-refractivity contribution in [2.75, 3.05) is 4.90 Å². The normalized spacial score (nSPS) is 16.5. The molecule has 1 aromatic heterocycles. The third kappa shape index (κ3) is 3.28. The minimum absolute atomic E-state index is 0.173. The van der Waals surface area contributed by atoms with Crippen molar-refractivity contribution in [1.29, 1.82) is 0 Å². The number of rotatable bonds is 5. The summed E-state index contributed by atoms with van der Waals surface area (Å²) in [6.45, 7) is 0.539. The highest BCUT2D eigenvalue weighted by molar-refractivity contribution is 6.20. The summed E-state index contributed by atoms with van der Waals surface area (Å²) in [7, 11) is 0. The zero-order chi connectivity index (χ0) is 20.5. The number of imide groups is 1. The van der Waals surface area contributed by atoms with Crippen LogP contribution in [0, 0.1) is 5.92 Å². The summed E-state index contributed by atoms with van der Waals surface area (Å²) in [5.74, 6) is -0.311. The van der Waals surface area contributed by atoms with Gasteiger partial charge in [0.05, 0.1) is 23.5 Å². The van der Waals surface area contributed by atoms with Crippen LogP contribution >= 0.6 is 0 Å². The molecule has 2 heterocycles. The number of carbonyl (C=O) groups excluding carboxylic acids is 2. The molecule has 3 aromatic carbocycles. The summed E-state index contributed by atoms with van der Waals surface area (Å²) in [6.07, 6.45) is 0.767. The van der Waals surface area contributed by atoms with Crippen LogP contribution in [0.3, 0.4) is 0 Å². The van der Waals surface area contributed by atoms with Gasteiger partial charge in [-0.1, -0.05) is 72.8 Å². The molecule has 0 radical (unpaired) electrons. The van der Waals surface area contributed by atoms with Crippen LogP contribution in [-0.2, 0) is 22.6 Å². The number of fused-ring (bicyclic) bond motifs is 1. The summed E-state index contributed by atoms with van der Waals surface area (Å²) in [5, 5.41) is 0. The SMILES string of the molecule is O=C1CC(Cc2ccccc2)C(=O)N1c1nc2ccccc2n1Cc1ccccc1. The highest BCUT2D eigenvalue weighted by atomic mass is 16.2. The predicted molar refractivity (Wildman–Crippen MR) is 116 cm³/mol. The third-order valence-corrected chi connectivity index (χ3v) is 5.58. The van der Waals surface area contributed by atoms with Crippen LogP contribution in [-0.4, -0.2) is 21.4 Å². The van der Waals surface area contributed by atoms with E-state index in [1.54, 1.807) is 0 Å². The summed E-state index contributed by atoms with van der Waals surface area (Å²) < 4.78 is 1.96. The quantitative estimate of drug-likeness (QED) is 0.476. The van der Waals surface area contributed by atoms with E-state index in [1.165, 1.54) is 4.90 Å². The van der Waals surface area contributed by atoms with Crippen molar-refractivity contribution in [2.24, 2.45) is 5.92 Å². The van der Waals surface area contributed by atoms with Gasteiger partial charge in [0.15, 0.2) is 0 Å². The average Bonchev–Trinajstić information content (AvgIpc) is 3.26. The Morgan fingerprint density at radius 3 is 2.17 bits per heavy atom. The number of anilines is 1. The first-order valence-electron chi connectivity index (χ1n) is 10.1. The fraction of sp³-hybridized carbons (Fsp3) is 0.160. The minimum Gasteiger partial charge on any atom is -0.305 e. The van der Waals surface area contributed by atoms with E-state index in [-0.39, 0.29) is 24.2 Å². The topological polar surface area (TPSA) is 55.2 Å². The lowest BCUT2D eigenvalue weighted by Crippen LogP contribution is -2.33. The smallest absolute Gasteiger partial charge is 0.240 e. The Hall–Kier alpha value is -3.73. The maximum Gasteiger partial charge on any atom is 0.240 e. The van der Waals surface area contributed by atoms with Gasteiger partial charge >= 0.3 is 0 Å². The fourth-order valence-corrected chi connectivity index (χ4v) is 4.12. The zero-order valence-corrected chi connectivity index (χ0v) is 16.4. The van der Waals surface area contributed by atoms with Gasteiger partial charge < -0.3 is 4.57 Å². The Morgan fingerprint density at radius 1 is 0.800 bits per heavy atom. The highest BCUT2D eigenvalue weighted by Crippen LogP contribution is 2.31. The van der Waals surface area contributed by atoms with E-state index >= 15 is 0 Å². The largest absolute Gasteiger partial charge is 0.305 e. The molecule has 1 saturated heterocycles. The molecule has 5 rings (SSSR count). The summed E-state index contributed by atoms with van der Waals surface area (Å²) >= 11 is 0. The van der Waals surface area contributed by atoms with E-state index < -0.39 is 0 Å². The van der Waals surface area contributed by atoms with Crippen molar-refractivity contribution in [2.45, 2.75) is 19.4 Å². The molecule has 0 bridgehead atoms. The van der Waals surface area contributed by atoms with E-state index in [2.05, 4.69) is 4.98 Å². The molecule has 1 aliphatic rings. The number of benzene rings is 3. The minimum atomic E-state index is -0.357. The van der Waals surface area contributed by atoms with E-state index in [0.717, 1.165) is 22.2 Å². The molecule has 0 aliphatic carbocycles. The maximum atomic E-state index is 13.3. The van der Waals surface area contributed by atoms with Gasteiger partial charge in [0.2, 0.25) is 17.8 Å². The van der Waals surface area contributed by atoms with E-state index in [0.29, 0.717) is 18.9 Å². The molecule has 1 unspecified atom stereocenters. The number of amides is 2. The molecule has 1 atom stereocenters. The van der Waals surface area contributed by atoms with Crippen molar-refractivity contribution in [3.63, 3.8) is 0 Å².